The fraction of sp³-hybridized carbons (Fsp3) is 0.300. The number of hydrogen-bond donors (Lipinski definition) is 3. The van der Waals surface area contributed by atoms with E-state index in [1.54, 1.807) is 24.3 Å². The van der Waals surface area contributed by atoms with Crippen molar-refractivity contribution >= 4 is 11.8 Å². The molecule has 0 aliphatic heterocycles. The molecule has 0 amide bonds. The van der Waals surface area contributed by atoms with E-state index in [1.165, 1.54) is 12.1 Å². The van der Waals surface area contributed by atoms with Crippen LogP contribution in [0.5, 0.6) is 0 Å². The van der Waals surface area contributed by atoms with Gasteiger partial charge in [-0.1, -0.05) is 54.6 Å². The number of nitro benzene ring substituents is 1. The maximum absolute atomic E-state index is 10.8. The second-order valence-electron chi connectivity index (χ2n) is 6.31. The number of hydrogen-bond acceptors (Lipinski definition) is 4. The second-order valence-corrected chi connectivity index (χ2v) is 6.31. The minimum Gasteiger partial charge on any atom is -1.00 e. The quantitative estimate of drug-likeness (QED) is 0.378. The standard InChI is InChI=1S/C20H24N2O4.ClH/c1-15(20(24)17-7-3-2-4-8-17)21-13-12-19(23)11-10-16-6-5-9-18(14-16)22(25)26;/h2-11,14-15,19-21,23-24H,12-13H2,1H3;1H/b11-10+;. The van der Waals surface area contributed by atoms with Crippen molar-refractivity contribution in [1.82, 2.24) is 0 Å². The van der Waals surface area contributed by atoms with Gasteiger partial charge in [0.1, 0.15) is 12.1 Å². The van der Waals surface area contributed by atoms with E-state index in [4.69, 9.17) is 0 Å². The van der Waals surface area contributed by atoms with E-state index in [9.17, 15) is 20.3 Å². The molecule has 0 aromatic heterocycles. The third-order valence-electron chi connectivity index (χ3n) is 4.23. The van der Waals surface area contributed by atoms with Gasteiger partial charge in [-0.15, -0.1) is 0 Å². The Bertz CT molecular complexity index is 740. The van der Waals surface area contributed by atoms with E-state index in [0.29, 0.717) is 18.5 Å². The lowest BCUT2D eigenvalue weighted by Gasteiger charge is -2.18. The molecule has 0 aliphatic rings. The number of quaternary nitrogens is 1. The van der Waals surface area contributed by atoms with Crippen LogP contribution in [0, 0.1) is 10.1 Å². The number of aliphatic hydroxyl groups is 2. The number of nitro groups is 1. The Kier molecular flexibility index (Phi) is 9.67. The molecule has 6 nitrogen and oxygen atoms in total. The fourth-order valence-corrected chi connectivity index (χ4v) is 2.67. The molecule has 0 saturated heterocycles. The van der Waals surface area contributed by atoms with Crippen LogP contribution in [0.4, 0.5) is 5.69 Å². The van der Waals surface area contributed by atoms with Crippen molar-refractivity contribution in [2.75, 3.05) is 6.54 Å². The summed E-state index contributed by atoms with van der Waals surface area (Å²) < 4.78 is 0. The zero-order chi connectivity index (χ0) is 18.9. The van der Waals surface area contributed by atoms with Crippen LogP contribution in [0.3, 0.4) is 0 Å². The number of halogens is 1. The Morgan fingerprint density at radius 1 is 1.15 bits per heavy atom. The van der Waals surface area contributed by atoms with Crippen LogP contribution in [0.2, 0.25) is 0 Å². The Balaban J connectivity index is 0.00000364. The van der Waals surface area contributed by atoms with Crippen molar-refractivity contribution in [3.05, 3.63) is 81.9 Å². The molecular weight excluding hydrogens is 368 g/mol. The van der Waals surface area contributed by atoms with Gasteiger partial charge in [-0.2, -0.15) is 0 Å². The molecule has 146 valence electrons. The minimum atomic E-state index is -0.647. The highest BCUT2D eigenvalue weighted by atomic mass is 35.5. The van der Waals surface area contributed by atoms with Crippen LogP contribution in [-0.2, 0) is 0 Å². The van der Waals surface area contributed by atoms with Gasteiger partial charge in [0.25, 0.3) is 5.69 Å². The molecule has 27 heavy (non-hydrogen) atoms. The normalized spacial score (nSPS) is 14.3. The molecule has 0 bridgehead atoms. The van der Waals surface area contributed by atoms with E-state index in [2.05, 4.69) is 0 Å². The third kappa shape index (κ3) is 7.48. The van der Waals surface area contributed by atoms with Crippen molar-refractivity contribution in [2.45, 2.75) is 31.6 Å². The molecule has 2 rings (SSSR count). The number of aliphatic hydroxyl groups excluding tert-OH is 2. The summed E-state index contributed by atoms with van der Waals surface area (Å²) in [6.07, 6.45) is 2.63. The molecule has 3 unspecified atom stereocenters. The van der Waals surface area contributed by atoms with Crippen molar-refractivity contribution in [1.29, 1.82) is 0 Å². The third-order valence-corrected chi connectivity index (χ3v) is 4.23. The molecule has 0 spiro atoms. The SMILES string of the molecule is CC([NH2+]CCC(O)/C=C/c1cccc([N+](=O)[O-])c1)C(O)c1ccccc1.[Cl-]. The van der Waals surface area contributed by atoms with Gasteiger partial charge < -0.3 is 27.9 Å². The van der Waals surface area contributed by atoms with Crippen LogP contribution in [-0.4, -0.2) is 33.8 Å². The molecule has 0 fully saturated rings. The van der Waals surface area contributed by atoms with Gasteiger partial charge in [-0.25, -0.2) is 0 Å². The van der Waals surface area contributed by atoms with Gasteiger partial charge in [-0.3, -0.25) is 10.1 Å². The van der Waals surface area contributed by atoms with Crippen LogP contribution in [0.15, 0.2) is 60.7 Å². The summed E-state index contributed by atoms with van der Waals surface area (Å²) in [4.78, 5) is 10.3. The molecule has 2 aromatic carbocycles. The maximum Gasteiger partial charge on any atom is 0.270 e. The Labute approximate surface area is 165 Å². The first-order chi connectivity index (χ1) is 12.5. The van der Waals surface area contributed by atoms with Gasteiger partial charge in [0.2, 0.25) is 0 Å². The van der Waals surface area contributed by atoms with Crippen LogP contribution < -0.4 is 17.7 Å². The highest BCUT2D eigenvalue weighted by Crippen LogP contribution is 2.15. The molecule has 0 heterocycles. The van der Waals surface area contributed by atoms with E-state index in [-0.39, 0.29) is 24.1 Å². The fourth-order valence-electron chi connectivity index (χ4n) is 2.67. The summed E-state index contributed by atoms with van der Waals surface area (Å²) >= 11 is 0. The Morgan fingerprint density at radius 2 is 1.85 bits per heavy atom. The summed E-state index contributed by atoms with van der Waals surface area (Å²) in [6.45, 7) is 2.61. The largest absolute Gasteiger partial charge is 1.00 e. The highest BCUT2D eigenvalue weighted by Gasteiger charge is 2.18. The van der Waals surface area contributed by atoms with Crippen molar-refractivity contribution in [2.24, 2.45) is 0 Å². The van der Waals surface area contributed by atoms with Crippen molar-refractivity contribution < 1.29 is 32.9 Å². The first-order valence-corrected chi connectivity index (χ1v) is 8.64. The Hall–Kier alpha value is -2.25. The Morgan fingerprint density at radius 3 is 2.52 bits per heavy atom. The van der Waals surface area contributed by atoms with Crippen molar-refractivity contribution in [3.63, 3.8) is 0 Å². The lowest BCUT2D eigenvalue weighted by Crippen LogP contribution is -3.00. The monoisotopic (exact) mass is 392 g/mol. The lowest BCUT2D eigenvalue weighted by molar-refractivity contribution is -0.695. The first kappa shape index (κ1) is 22.8. The zero-order valence-corrected chi connectivity index (χ0v) is 15.9. The maximum atomic E-state index is 10.8. The number of non-ortho nitro benzene ring substituents is 1. The molecule has 0 radical (unpaired) electrons. The van der Waals surface area contributed by atoms with Crippen molar-refractivity contribution in [3.8, 4) is 0 Å². The number of nitrogens with zero attached hydrogens (tertiary/aromatic N) is 1. The summed E-state index contributed by atoms with van der Waals surface area (Å²) in [5.74, 6) is 0. The number of nitrogens with two attached hydrogens (primary N) is 1. The van der Waals surface area contributed by atoms with E-state index < -0.39 is 17.1 Å². The molecular formula is C20H25ClN2O4. The summed E-state index contributed by atoms with van der Waals surface area (Å²) in [5.41, 5.74) is 1.58. The average Bonchev–Trinajstić information content (AvgIpc) is 2.66. The lowest BCUT2D eigenvalue weighted by atomic mass is 10.0. The number of rotatable bonds is 9. The van der Waals surface area contributed by atoms with Gasteiger partial charge in [-0.05, 0) is 18.1 Å². The molecule has 7 heteroatoms. The molecule has 2 aromatic rings. The molecule has 0 saturated carbocycles. The zero-order valence-electron chi connectivity index (χ0n) is 15.1. The molecule has 4 N–H and O–H groups in total. The summed E-state index contributed by atoms with van der Waals surface area (Å²) in [7, 11) is 0. The topological polar surface area (TPSA) is 100 Å². The summed E-state index contributed by atoms with van der Waals surface area (Å²) in [5, 5.41) is 33.1. The molecule has 0 aliphatic carbocycles. The molecule has 3 atom stereocenters. The predicted molar refractivity (Wildman–Crippen MR) is 100 cm³/mol. The van der Waals surface area contributed by atoms with Gasteiger partial charge in [0.15, 0.2) is 0 Å². The minimum absolute atomic E-state index is 0. The van der Waals surface area contributed by atoms with E-state index in [0.717, 1.165) is 5.56 Å². The summed E-state index contributed by atoms with van der Waals surface area (Å²) in [6, 6.07) is 15.7. The number of benzene rings is 2. The van der Waals surface area contributed by atoms with E-state index >= 15 is 0 Å². The van der Waals surface area contributed by atoms with Crippen LogP contribution >= 0.6 is 0 Å². The highest BCUT2D eigenvalue weighted by molar-refractivity contribution is 5.53. The predicted octanol–water partition coefficient (Wildman–Crippen LogP) is -0.951. The first-order valence-electron chi connectivity index (χ1n) is 8.64. The average molecular weight is 393 g/mol. The van der Waals surface area contributed by atoms with E-state index in [1.807, 2.05) is 42.6 Å². The van der Waals surface area contributed by atoms with Gasteiger partial charge in [0, 0.05) is 18.6 Å². The van der Waals surface area contributed by atoms with Gasteiger partial charge >= 0.3 is 0 Å². The second kappa shape index (κ2) is 11.5. The smallest absolute Gasteiger partial charge is 0.270 e. The van der Waals surface area contributed by atoms with Crippen LogP contribution in [0.1, 0.15) is 30.6 Å². The van der Waals surface area contributed by atoms with Crippen LogP contribution in [0.25, 0.3) is 6.08 Å². The van der Waals surface area contributed by atoms with Gasteiger partial charge in [0.05, 0.1) is 17.6 Å².